The molecule has 4 amide bonds. The maximum Gasteiger partial charge on any atom is 0.257 e. The molecule has 0 spiro atoms. The van der Waals surface area contributed by atoms with E-state index in [0.29, 0.717) is 12.8 Å². The number of benzene rings is 1. The summed E-state index contributed by atoms with van der Waals surface area (Å²) in [7, 11) is 1.44. The molecular weight excluding hydrogens is 402 g/mol. The van der Waals surface area contributed by atoms with Gasteiger partial charge in [-0.05, 0) is 30.4 Å². The summed E-state index contributed by atoms with van der Waals surface area (Å²) in [5.74, 6) is -1.73. The number of nitrogens with one attached hydrogen (secondary N) is 2. The van der Waals surface area contributed by atoms with E-state index in [0.717, 1.165) is 6.42 Å². The molecule has 1 saturated heterocycles. The zero-order chi connectivity index (χ0) is 23.2. The maximum atomic E-state index is 12.9. The Morgan fingerprint density at radius 1 is 1.29 bits per heavy atom. The van der Waals surface area contributed by atoms with Gasteiger partial charge in [-0.15, -0.1) is 0 Å². The predicted molar refractivity (Wildman–Crippen MR) is 113 cm³/mol. The van der Waals surface area contributed by atoms with Crippen LogP contribution in [0.5, 0.6) is 5.75 Å². The molecule has 1 aromatic carbocycles. The Bertz CT molecular complexity index is 874. The van der Waals surface area contributed by atoms with Gasteiger partial charge >= 0.3 is 0 Å². The van der Waals surface area contributed by atoms with E-state index in [1.807, 2.05) is 0 Å². The third-order valence-electron chi connectivity index (χ3n) is 4.97. The minimum Gasteiger partial charge on any atom is -0.483 e. The van der Waals surface area contributed by atoms with Gasteiger partial charge in [0.05, 0.1) is 11.1 Å². The molecule has 0 aromatic heterocycles. The zero-order valence-corrected chi connectivity index (χ0v) is 18.3. The standard InChI is InChI=1S/C22H29N3O6/c1-22(2,3)10-11-23-19(28)13-31-17-7-5-6-14(15(17)12-26)21(30)25(4)16-8-9-18(27)24-20(16)29/h5-7,12,16H,8-11,13H2,1-4H3,(H,23,28)(H,24,27,29). The first-order chi connectivity index (χ1) is 14.5. The van der Waals surface area contributed by atoms with Crippen molar-refractivity contribution in [3.63, 3.8) is 0 Å². The van der Waals surface area contributed by atoms with Crippen molar-refractivity contribution in [2.24, 2.45) is 5.41 Å². The molecule has 9 heteroatoms. The van der Waals surface area contributed by atoms with Crippen LogP contribution in [-0.2, 0) is 14.4 Å². The number of carbonyl (C=O) groups is 5. The highest BCUT2D eigenvalue weighted by atomic mass is 16.5. The van der Waals surface area contributed by atoms with E-state index in [9.17, 15) is 24.0 Å². The van der Waals surface area contributed by atoms with Crippen LogP contribution in [0.25, 0.3) is 0 Å². The van der Waals surface area contributed by atoms with Gasteiger partial charge < -0.3 is 15.0 Å². The highest BCUT2D eigenvalue weighted by Gasteiger charge is 2.33. The number of hydrogen-bond donors (Lipinski definition) is 2. The normalized spacial score (nSPS) is 16.3. The summed E-state index contributed by atoms with van der Waals surface area (Å²) in [6.45, 7) is 6.41. The summed E-state index contributed by atoms with van der Waals surface area (Å²) >= 11 is 0. The number of aldehydes is 1. The Hall–Kier alpha value is -3.23. The van der Waals surface area contributed by atoms with Gasteiger partial charge in [-0.2, -0.15) is 0 Å². The largest absolute Gasteiger partial charge is 0.483 e. The number of hydrogen-bond acceptors (Lipinski definition) is 6. The van der Waals surface area contributed by atoms with Crippen molar-refractivity contribution in [1.29, 1.82) is 0 Å². The van der Waals surface area contributed by atoms with Gasteiger partial charge in [0, 0.05) is 20.0 Å². The topological polar surface area (TPSA) is 122 Å². The Morgan fingerprint density at radius 2 is 2.00 bits per heavy atom. The summed E-state index contributed by atoms with van der Waals surface area (Å²) in [4.78, 5) is 61.3. The van der Waals surface area contributed by atoms with Crippen LogP contribution in [0, 0.1) is 5.41 Å². The quantitative estimate of drug-likeness (QED) is 0.473. The Balaban J connectivity index is 2.07. The maximum absolute atomic E-state index is 12.9. The van der Waals surface area contributed by atoms with Crippen LogP contribution in [0.3, 0.4) is 0 Å². The average Bonchev–Trinajstić information content (AvgIpc) is 2.70. The third kappa shape index (κ3) is 6.63. The molecule has 168 valence electrons. The summed E-state index contributed by atoms with van der Waals surface area (Å²) in [6.07, 6.45) is 1.61. The second kappa shape index (κ2) is 10.2. The summed E-state index contributed by atoms with van der Waals surface area (Å²) in [6, 6.07) is 3.66. The SMILES string of the molecule is CN(C(=O)c1cccc(OCC(=O)NCCC(C)(C)C)c1C=O)C1CCC(=O)NC1=O. The van der Waals surface area contributed by atoms with Gasteiger partial charge in [-0.3, -0.25) is 29.3 Å². The van der Waals surface area contributed by atoms with E-state index >= 15 is 0 Å². The van der Waals surface area contributed by atoms with Crippen LogP contribution in [0.1, 0.15) is 60.7 Å². The van der Waals surface area contributed by atoms with Crippen molar-refractivity contribution in [2.75, 3.05) is 20.2 Å². The summed E-state index contributed by atoms with van der Waals surface area (Å²) in [5.41, 5.74) is 0.129. The molecule has 1 aliphatic rings. The van der Waals surface area contributed by atoms with Crippen molar-refractivity contribution < 1.29 is 28.7 Å². The first kappa shape index (κ1) is 24.0. The van der Waals surface area contributed by atoms with Crippen molar-refractivity contribution in [2.45, 2.75) is 46.1 Å². The average molecular weight is 431 g/mol. The summed E-state index contributed by atoms with van der Waals surface area (Å²) in [5, 5.41) is 4.96. The third-order valence-corrected chi connectivity index (χ3v) is 4.97. The minimum atomic E-state index is -0.817. The first-order valence-electron chi connectivity index (χ1n) is 10.1. The molecule has 1 unspecified atom stereocenters. The highest BCUT2D eigenvalue weighted by Crippen LogP contribution is 2.23. The number of nitrogens with zero attached hydrogens (tertiary/aromatic N) is 1. The lowest BCUT2D eigenvalue weighted by Crippen LogP contribution is -2.53. The van der Waals surface area contributed by atoms with Crippen LogP contribution >= 0.6 is 0 Å². The van der Waals surface area contributed by atoms with Gasteiger partial charge in [0.25, 0.3) is 11.8 Å². The molecule has 1 aromatic rings. The molecule has 9 nitrogen and oxygen atoms in total. The number of carbonyl (C=O) groups excluding carboxylic acids is 5. The van der Waals surface area contributed by atoms with E-state index in [1.165, 1.54) is 30.1 Å². The van der Waals surface area contributed by atoms with Crippen molar-refractivity contribution in [1.82, 2.24) is 15.5 Å². The van der Waals surface area contributed by atoms with Crippen LogP contribution in [0.2, 0.25) is 0 Å². The molecule has 0 saturated carbocycles. The van der Waals surface area contributed by atoms with Crippen molar-refractivity contribution >= 4 is 29.9 Å². The van der Waals surface area contributed by atoms with Crippen molar-refractivity contribution in [3.8, 4) is 5.75 Å². The number of ether oxygens (including phenoxy) is 1. The van der Waals surface area contributed by atoms with Crippen LogP contribution in [-0.4, -0.2) is 61.1 Å². The fourth-order valence-electron chi connectivity index (χ4n) is 3.13. The lowest BCUT2D eigenvalue weighted by atomic mass is 9.92. The molecule has 2 rings (SSSR count). The number of piperidine rings is 1. The van der Waals surface area contributed by atoms with Gasteiger partial charge in [0.1, 0.15) is 11.8 Å². The van der Waals surface area contributed by atoms with Gasteiger partial charge in [-0.25, -0.2) is 0 Å². The molecule has 2 N–H and O–H groups in total. The van der Waals surface area contributed by atoms with Gasteiger partial charge in [0.2, 0.25) is 11.8 Å². The van der Waals surface area contributed by atoms with E-state index in [4.69, 9.17) is 4.74 Å². The van der Waals surface area contributed by atoms with E-state index in [1.54, 1.807) is 0 Å². The number of imide groups is 1. The molecule has 31 heavy (non-hydrogen) atoms. The van der Waals surface area contributed by atoms with Gasteiger partial charge in [-0.1, -0.05) is 26.8 Å². The highest BCUT2D eigenvalue weighted by molar-refractivity contribution is 6.06. The molecule has 1 heterocycles. The lowest BCUT2D eigenvalue weighted by Gasteiger charge is -2.30. The second-order valence-corrected chi connectivity index (χ2v) is 8.67. The fraction of sp³-hybridized carbons (Fsp3) is 0.500. The lowest BCUT2D eigenvalue weighted by molar-refractivity contribution is -0.136. The second-order valence-electron chi connectivity index (χ2n) is 8.67. The Kier molecular flexibility index (Phi) is 7.90. The number of likely N-dealkylation sites (N-methyl/N-ethyl adjacent to an activating group) is 1. The van der Waals surface area contributed by atoms with Crippen LogP contribution in [0.15, 0.2) is 18.2 Å². The smallest absolute Gasteiger partial charge is 0.257 e. The zero-order valence-electron chi connectivity index (χ0n) is 18.3. The minimum absolute atomic E-state index is 0.00543. The molecule has 0 radical (unpaired) electrons. The first-order valence-corrected chi connectivity index (χ1v) is 10.1. The van der Waals surface area contributed by atoms with Gasteiger partial charge in [0.15, 0.2) is 12.9 Å². The molecule has 1 atom stereocenters. The van der Waals surface area contributed by atoms with E-state index in [2.05, 4.69) is 31.4 Å². The Morgan fingerprint density at radius 3 is 2.61 bits per heavy atom. The monoisotopic (exact) mass is 431 g/mol. The molecule has 1 fully saturated rings. The van der Waals surface area contributed by atoms with Crippen LogP contribution in [0.4, 0.5) is 0 Å². The Labute approximate surface area is 181 Å². The molecule has 1 aliphatic heterocycles. The van der Waals surface area contributed by atoms with E-state index in [-0.39, 0.29) is 53.6 Å². The molecule has 0 bridgehead atoms. The van der Waals surface area contributed by atoms with E-state index < -0.39 is 17.9 Å². The molecule has 0 aliphatic carbocycles. The van der Waals surface area contributed by atoms with Crippen LogP contribution < -0.4 is 15.4 Å². The summed E-state index contributed by atoms with van der Waals surface area (Å²) < 4.78 is 5.49. The predicted octanol–water partition coefficient (Wildman–Crippen LogP) is 1.31. The number of amides is 4. The molecular formula is C22H29N3O6. The van der Waals surface area contributed by atoms with Crippen molar-refractivity contribution in [3.05, 3.63) is 29.3 Å². The fourth-order valence-corrected chi connectivity index (χ4v) is 3.13. The number of rotatable bonds is 8.